The fourth-order valence-corrected chi connectivity index (χ4v) is 1.56. The third-order valence-electron chi connectivity index (χ3n) is 1.93. The van der Waals surface area contributed by atoms with E-state index in [-0.39, 0.29) is 0 Å². The molecule has 0 saturated heterocycles. The van der Waals surface area contributed by atoms with E-state index < -0.39 is 0 Å². The van der Waals surface area contributed by atoms with Gasteiger partial charge in [-0.1, -0.05) is 17.7 Å². The van der Waals surface area contributed by atoms with Gasteiger partial charge in [0.15, 0.2) is 0 Å². The highest BCUT2D eigenvalue weighted by molar-refractivity contribution is 6.33. The molecule has 3 heteroatoms. The summed E-state index contributed by atoms with van der Waals surface area (Å²) in [4.78, 5) is 4.02. The van der Waals surface area contributed by atoms with Crippen molar-refractivity contribution >= 4 is 22.4 Å². The van der Waals surface area contributed by atoms with Gasteiger partial charge in [-0.15, -0.1) is 0 Å². The lowest BCUT2D eigenvalue weighted by Gasteiger charge is -2.05. The van der Waals surface area contributed by atoms with Crippen LogP contribution in [0.25, 0.3) is 10.8 Å². The van der Waals surface area contributed by atoms with Crippen molar-refractivity contribution in [3.05, 3.63) is 35.6 Å². The van der Waals surface area contributed by atoms with Crippen molar-refractivity contribution in [2.75, 3.05) is 7.11 Å². The molecule has 1 heterocycles. The number of fused-ring (bicyclic) bond motifs is 1. The lowest BCUT2D eigenvalue weighted by Crippen LogP contribution is -1.86. The van der Waals surface area contributed by atoms with E-state index >= 15 is 0 Å². The largest absolute Gasteiger partial charge is 0.494 e. The van der Waals surface area contributed by atoms with E-state index in [0.717, 1.165) is 10.8 Å². The summed E-state index contributed by atoms with van der Waals surface area (Å²) in [5, 5.41) is 2.64. The van der Waals surface area contributed by atoms with E-state index in [4.69, 9.17) is 16.3 Å². The summed E-state index contributed by atoms with van der Waals surface area (Å²) in [7, 11) is 1.60. The van der Waals surface area contributed by atoms with Gasteiger partial charge in [0.1, 0.15) is 5.75 Å². The Balaban J connectivity index is 2.84. The summed E-state index contributed by atoms with van der Waals surface area (Å²) >= 11 is 5.95. The molecule has 0 N–H and O–H groups in total. The monoisotopic (exact) mass is 193 g/mol. The first-order valence-electron chi connectivity index (χ1n) is 3.89. The van der Waals surface area contributed by atoms with Crippen LogP contribution in [0.2, 0.25) is 5.02 Å². The summed E-state index contributed by atoms with van der Waals surface area (Å²) in [5.74, 6) is 0.687. The Hall–Kier alpha value is -1.28. The van der Waals surface area contributed by atoms with Crippen LogP contribution in [0.1, 0.15) is 0 Å². The quantitative estimate of drug-likeness (QED) is 0.695. The number of ether oxygens (including phenoxy) is 1. The maximum atomic E-state index is 5.95. The minimum absolute atomic E-state index is 0.614. The predicted octanol–water partition coefficient (Wildman–Crippen LogP) is 2.90. The average molecular weight is 194 g/mol. The summed E-state index contributed by atoms with van der Waals surface area (Å²) < 4.78 is 5.19. The molecule has 0 aliphatic rings. The van der Waals surface area contributed by atoms with Crippen LogP contribution in [-0.2, 0) is 0 Å². The van der Waals surface area contributed by atoms with Crippen LogP contribution in [0, 0.1) is 0 Å². The second-order valence-corrected chi connectivity index (χ2v) is 3.08. The van der Waals surface area contributed by atoms with Gasteiger partial charge >= 0.3 is 0 Å². The summed E-state index contributed by atoms with van der Waals surface area (Å²) in [6.07, 6.45) is 3.50. The summed E-state index contributed by atoms with van der Waals surface area (Å²) in [5.41, 5.74) is 0. The molecule has 13 heavy (non-hydrogen) atoms. The van der Waals surface area contributed by atoms with Crippen LogP contribution >= 0.6 is 11.6 Å². The van der Waals surface area contributed by atoms with Gasteiger partial charge in [0.05, 0.1) is 12.1 Å². The molecule has 0 aliphatic carbocycles. The first-order valence-corrected chi connectivity index (χ1v) is 4.27. The molecule has 2 aromatic rings. The van der Waals surface area contributed by atoms with E-state index in [1.54, 1.807) is 19.5 Å². The smallest absolute Gasteiger partial charge is 0.146 e. The molecule has 0 saturated carbocycles. The lowest BCUT2D eigenvalue weighted by atomic mass is 10.1. The van der Waals surface area contributed by atoms with Crippen molar-refractivity contribution in [1.29, 1.82) is 0 Å². The highest BCUT2D eigenvalue weighted by atomic mass is 35.5. The summed E-state index contributed by atoms with van der Waals surface area (Å²) in [6.45, 7) is 0. The number of hydrogen-bond acceptors (Lipinski definition) is 2. The number of nitrogens with zero attached hydrogens (tertiary/aromatic N) is 1. The maximum Gasteiger partial charge on any atom is 0.146 e. The third kappa shape index (κ3) is 1.33. The van der Waals surface area contributed by atoms with Crippen molar-refractivity contribution in [3.8, 4) is 5.75 Å². The van der Waals surface area contributed by atoms with Crippen molar-refractivity contribution in [1.82, 2.24) is 4.98 Å². The van der Waals surface area contributed by atoms with E-state index in [1.807, 2.05) is 18.2 Å². The van der Waals surface area contributed by atoms with Crippen LogP contribution in [0.4, 0.5) is 0 Å². The second-order valence-electron chi connectivity index (χ2n) is 2.68. The fraction of sp³-hybridized carbons (Fsp3) is 0.100. The molecule has 66 valence electrons. The Bertz CT molecular complexity index is 442. The molecule has 0 radical (unpaired) electrons. The van der Waals surface area contributed by atoms with E-state index in [1.165, 1.54) is 0 Å². The first kappa shape index (κ1) is 8.32. The molecule has 0 aliphatic heterocycles. The topological polar surface area (TPSA) is 22.1 Å². The predicted molar refractivity (Wildman–Crippen MR) is 53.3 cm³/mol. The van der Waals surface area contributed by atoms with Gasteiger partial charge in [-0.25, -0.2) is 0 Å². The molecule has 1 aromatic heterocycles. The maximum absolute atomic E-state index is 5.95. The van der Waals surface area contributed by atoms with Crippen molar-refractivity contribution in [3.63, 3.8) is 0 Å². The lowest BCUT2D eigenvalue weighted by molar-refractivity contribution is 0.420. The van der Waals surface area contributed by atoms with Crippen molar-refractivity contribution in [2.45, 2.75) is 0 Å². The van der Waals surface area contributed by atoms with Gasteiger partial charge < -0.3 is 4.74 Å². The van der Waals surface area contributed by atoms with Crippen LogP contribution in [0.3, 0.4) is 0 Å². The first-order chi connectivity index (χ1) is 6.33. The Kier molecular flexibility index (Phi) is 2.07. The zero-order valence-corrected chi connectivity index (χ0v) is 7.88. The number of rotatable bonds is 1. The number of methoxy groups -OCH3 is 1. The molecule has 0 fully saturated rings. The molecule has 0 atom stereocenters. The Morgan fingerprint density at radius 3 is 2.92 bits per heavy atom. The molecule has 0 bridgehead atoms. The zero-order valence-electron chi connectivity index (χ0n) is 7.12. The second kappa shape index (κ2) is 3.23. The molecule has 2 rings (SSSR count). The Labute approximate surface area is 81.1 Å². The van der Waals surface area contributed by atoms with E-state index in [9.17, 15) is 0 Å². The molecule has 2 nitrogen and oxygen atoms in total. The van der Waals surface area contributed by atoms with Crippen LogP contribution in [0.15, 0.2) is 30.6 Å². The molecule has 0 amide bonds. The molecular weight excluding hydrogens is 186 g/mol. The third-order valence-corrected chi connectivity index (χ3v) is 2.23. The van der Waals surface area contributed by atoms with Crippen LogP contribution < -0.4 is 4.74 Å². The van der Waals surface area contributed by atoms with Crippen molar-refractivity contribution < 1.29 is 4.74 Å². The normalized spacial score (nSPS) is 10.3. The number of pyridine rings is 1. The van der Waals surface area contributed by atoms with Crippen LogP contribution in [-0.4, -0.2) is 12.1 Å². The van der Waals surface area contributed by atoms with Gasteiger partial charge in [0.2, 0.25) is 0 Å². The standard InChI is InChI=1S/C10H8ClNO/c1-13-10-8-6-12-5-4-7(8)2-3-9(10)11/h2-6H,1H3. The van der Waals surface area contributed by atoms with Gasteiger partial charge in [0, 0.05) is 17.8 Å². The average Bonchev–Trinajstić information content (AvgIpc) is 2.18. The number of hydrogen-bond donors (Lipinski definition) is 0. The van der Waals surface area contributed by atoms with Crippen LogP contribution in [0.5, 0.6) is 5.75 Å². The SMILES string of the molecule is COc1c(Cl)ccc2ccncc12. The minimum atomic E-state index is 0.614. The van der Waals surface area contributed by atoms with E-state index in [0.29, 0.717) is 10.8 Å². The minimum Gasteiger partial charge on any atom is -0.494 e. The molecule has 0 spiro atoms. The number of benzene rings is 1. The number of aromatic nitrogens is 1. The molecular formula is C10H8ClNO. The highest BCUT2D eigenvalue weighted by Crippen LogP contribution is 2.32. The zero-order chi connectivity index (χ0) is 9.26. The van der Waals surface area contributed by atoms with Gasteiger partial charge in [-0.2, -0.15) is 0 Å². The van der Waals surface area contributed by atoms with Gasteiger partial charge in [-0.05, 0) is 17.5 Å². The highest BCUT2D eigenvalue weighted by Gasteiger charge is 2.04. The molecule has 0 unspecified atom stereocenters. The van der Waals surface area contributed by atoms with Crippen molar-refractivity contribution in [2.24, 2.45) is 0 Å². The summed E-state index contributed by atoms with van der Waals surface area (Å²) in [6, 6.07) is 5.69. The van der Waals surface area contributed by atoms with Gasteiger partial charge in [0.25, 0.3) is 0 Å². The Morgan fingerprint density at radius 1 is 1.31 bits per heavy atom. The number of halogens is 1. The molecule has 1 aromatic carbocycles. The Morgan fingerprint density at radius 2 is 2.15 bits per heavy atom. The van der Waals surface area contributed by atoms with Gasteiger partial charge in [-0.3, -0.25) is 4.98 Å². The van der Waals surface area contributed by atoms with E-state index in [2.05, 4.69) is 4.98 Å². The fourth-order valence-electron chi connectivity index (χ4n) is 1.32.